The number of carboxylic acids is 1. The molecule has 1 aromatic carbocycles. The molecule has 0 fully saturated rings. The summed E-state index contributed by atoms with van der Waals surface area (Å²) < 4.78 is 16.3. The molecule has 0 spiro atoms. The molecular weight excluding hydrogens is 256 g/mol. The van der Waals surface area contributed by atoms with Gasteiger partial charge in [-0.3, -0.25) is 9.00 Å². The van der Waals surface area contributed by atoms with E-state index in [0.717, 1.165) is 0 Å². The maximum absolute atomic E-state index is 11.8. The fourth-order valence-corrected chi connectivity index (χ4v) is 2.39. The van der Waals surface area contributed by atoms with Crippen LogP contribution in [0.4, 0.5) is 0 Å². The number of esters is 1. The molecule has 0 saturated heterocycles. The molecule has 18 heavy (non-hydrogen) atoms. The van der Waals surface area contributed by atoms with Crippen LogP contribution in [-0.4, -0.2) is 33.6 Å². The van der Waals surface area contributed by atoms with Crippen molar-refractivity contribution >= 4 is 22.7 Å². The minimum Gasteiger partial charge on any atom is -0.478 e. The van der Waals surface area contributed by atoms with Crippen molar-refractivity contribution in [3.05, 3.63) is 35.4 Å². The van der Waals surface area contributed by atoms with Crippen LogP contribution in [0.3, 0.4) is 0 Å². The third-order valence-corrected chi connectivity index (χ3v) is 4.04. The van der Waals surface area contributed by atoms with Gasteiger partial charge < -0.3 is 9.84 Å². The van der Waals surface area contributed by atoms with Crippen molar-refractivity contribution in [2.45, 2.75) is 17.9 Å². The first-order valence-corrected chi connectivity index (χ1v) is 6.61. The Hall–Kier alpha value is -1.69. The van der Waals surface area contributed by atoms with Crippen LogP contribution in [0.2, 0.25) is 0 Å². The molecule has 98 valence electrons. The normalized spacial score (nSPS) is 13.7. The molecule has 0 bridgehead atoms. The molecule has 0 aliphatic rings. The number of methoxy groups -OCH3 is 1. The minimum absolute atomic E-state index is 0.172. The highest BCUT2D eigenvalue weighted by molar-refractivity contribution is 7.85. The van der Waals surface area contributed by atoms with Gasteiger partial charge in [-0.15, -0.1) is 0 Å². The first kappa shape index (κ1) is 14.4. The van der Waals surface area contributed by atoms with Crippen LogP contribution in [0.25, 0.3) is 0 Å². The van der Waals surface area contributed by atoms with Crippen molar-refractivity contribution in [3.8, 4) is 0 Å². The molecule has 1 aromatic rings. The summed E-state index contributed by atoms with van der Waals surface area (Å²) in [5.74, 6) is -1.34. The zero-order valence-electron chi connectivity index (χ0n) is 10.1. The Morgan fingerprint density at radius 1 is 1.33 bits per heavy atom. The third kappa shape index (κ3) is 3.66. The molecule has 0 aliphatic carbocycles. The van der Waals surface area contributed by atoms with Crippen LogP contribution in [0.1, 0.15) is 22.8 Å². The average molecular weight is 270 g/mol. The van der Waals surface area contributed by atoms with E-state index in [4.69, 9.17) is 5.11 Å². The molecule has 1 rings (SSSR count). The van der Waals surface area contributed by atoms with Crippen LogP contribution in [0.5, 0.6) is 0 Å². The first-order chi connectivity index (χ1) is 8.45. The monoisotopic (exact) mass is 270 g/mol. The zero-order chi connectivity index (χ0) is 13.7. The number of ether oxygens (including phenoxy) is 1. The Kier molecular flexibility index (Phi) is 5.03. The highest BCUT2D eigenvalue weighted by Crippen LogP contribution is 2.10. The highest BCUT2D eigenvalue weighted by Gasteiger charge is 2.20. The third-order valence-electron chi connectivity index (χ3n) is 2.44. The second-order valence-electron chi connectivity index (χ2n) is 3.69. The maximum Gasteiger partial charge on any atom is 0.335 e. The number of carbonyl (C=O) groups excluding carboxylic acids is 1. The zero-order valence-corrected chi connectivity index (χ0v) is 10.9. The lowest BCUT2D eigenvalue weighted by atomic mass is 10.1. The molecule has 5 nitrogen and oxygen atoms in total. The number of hydrogen-bond acceptors (Lipinski definition) is 4. The minimum atomic E-state index is -1.39. The predicted octanol–water partition coefficient (Wildman–Crippen LogP) is 1.19. The summed E-state index contributed by atoms with van der Waals surface area (Å²) in [7, 11) is -0.137. The number of carbonyl (C=O) groups is 2. The summed E-state index contributed by atoms with van der Waals surface area (Å²) in [5, 5.41) is 8.03. The van der Waals surface area contributed by atoms with Gasteiger partial charge >= 0.3 is 11.9 Å². The van der Waals surface area contributed by atoms with E-state index >= 15 is 0 Å². The molecule has 0 heterocycles. The average Bonchev–Trinajstić information content (AvgIpc) is 2.37. The molecule has 0 amide bonds. The van der Waals surface area contributed by atoms with Crippen LogP contribution < -0.4 is 0 Å². The molecule has 0 radical (unpaired) electrons. The van der Waals surface area contributed by atoms with Crippen LogP contribution >= 0.6 is 0 Å². The molecule has 0 aromatic heterocycles. The Morgan fingerprint density at radius 2 is 1.89 bits per heavy atom. The summed E-state index contributed by atoms with van der Waals surface area (Å²) in [6.45, 7) is 1.54. The lowest BCUT2D eigenvalue weighted by Crippen LogP contribution is -2.24. The van der Waals surface area contributed by atoms with Gasteiger partial charge in [0.25, 0.3) is 0 Å². The molecule has 0 saturated carbocycles. The lowest BCUT2D eigenvalue weighted by molar-refractivity contribution is -0.139. The van der Waals surface area contributed by atoms with Gasteiger partial charge in [0, 0.05) is 16.6 Å². The summed E-state index contributed by atoms with van der Waals surface area (Å²) in [4.78, 5) is 21.8. The first-order valence-electron chi connectivity index (χ1n) is 5.23. The van der Waals surface area contributed by atoms with Crippen molar-refractivity contribution in [3.63, 3.8) is 0 Å². The lowest BCUT2D eigenvalue weighted by Gasteiger charge is -2.09. The molecule has 2 atom stereocenters. The van der Waals surface area contributed by atoms with Crippen molar-refractivity contribution in [1.82, 2.24) is 0 Å². The van der Waals surface area contributed by atoms with Crippen molar-refractivity contribution in [2.75, 3.05) is 7.11 Å². The molecular formula is C12H14O5S. The van der Waals surface area contributed by atoms with Gasteiger partial charge in [-0.1, -0.05) is 12.1 Å². The van der Waals surface area contributed by atoms with E-state index in [9.17, 15) is 13.8 Å². The van der Waals surface area contributed by atoms with E-state index in [1.54, 1.807) is 12.1 Å². The van der Waals surface area contributed by atoms with E-state index in [1.807, 2.05) is 0 Å². The van der Waals surface area contributed by atoms with Gasteiger partial charge in [-0.05, 0) is 24.6 Å². The van der Waals surface area contributed by atoms with E-state index in [0.29, 0.717) is 5.56 Å². The van der Waals surface area contributed by atoms with Gasteiger partial charge in [0.1, 0.15) is 5.25 Å². The van der Waals surface area contributed by atoms with E-state index in [2.05, 4.69) is 4.74 Å². The molecule has 1 N–H and O–H groups in total. The van der Waals surface area contributed by atoms with Crippen LogP contribution in [0, 0.1) is 0 Å². The summed E-state index contributed by atoms with van der Waals surface area (Å²) >= 11 is 0. The summed E-state index contributed by atoms with van der Waals surface area (Å²) in [6.07, 6.45) is 0. The summed E-state index contributed by atoms with van der Waals surface area (Å²) in [6, 6.07) is 6.06. The molecule has 2 unspecified atom stereocenters. The topological polar surface area (TPSA) is 80.7 Å². The van der Waals surface area contributed by atoms with Crippen molar-refractivity contribution in [2.24, 2.45) is 0 Å². The van der Waals surface area contributed by atoms with Crippen LogP contribution in [-0.2, 0) is 26.1 Å². The van der Waals surface area contributed by atoms with Crippen molar-refractivity contribution in [1.29, 1.82) is 0 Å². The quantitative estimate of drug-likeness (QED) is 0.813. The highest BCUT2D eigenvalue weighted by atomic mass is 32.2. The molecule has 6 heteroatoms. The van der Waals surface area contributed by atoms with Gasteiger partial charge in [0.05, 0.1) is 12.7 Å². The van der Waals surface area contributed by atoms with Gasteiger partial charge in [0.2, 0.25) is 0 Å². The fraction of sp³-hybridized carbons (Fsp3) is 0.333. The number of carboxylic acid groups (broad SMARTS) is 1. The Labute approximate surface area is 107 Å². The fourth-order valence-electron chi connectivity index (χ4n) is 1.31. The van der Waals surface area contributed by atoms with E-state index in [-0.39, 0.29) is 11.3 Å². The number of aromatic carboxylic acids is 1. The molecule has 0 aliphatic heterocycles. The standard InChI is InChI=1S/C12H14O5S/c1-8(12(15)17-2)18(16)7-9-3-5-10(6-4-9)11(13)14/h3-6,8H,7H2,1-2H3,(H,13,14). The van der Waals surface area contributed by atoms with E-state index < -0.39 is 28.0 Å². The number of hydrogen-bond donors (Lipinski definition) is 1. The summed E-state index contributed by atoms with van der Waals surface area (Å²) in [5.41, 5.74) is 0.889. The number of rotatable bonds is 5. The predicted molar refractivity (Wildman–Crippen MR) is 66.7 cm³/mol. The maximum atomic E-state index is 11.8. The van der Waals surface area contributed by atoms with Crippen LogP contribution in [0.15, 0.2) is 24.3 Å². The Bertz CT molecular complexity index is 466. The Balaban J connectivity index is 2.70. The SMILES string of the molecule is COC(=O)C(C)S(=O)Cc1ccc(C(=O)O)cc1. The Morgan fingerprint density at radius 3 is 2.33 bits per heavy atom. The second-order valence-corrected chi connectivity index (χ2v) is 5.45. The largest absolute Gasteiger partial charge is 0.478 e. The van der Waals surface area contributed by atoms with Gasteiger partial charge in [0.15, 0.2) is 0 Å². The smallest absolute Gasteiger partial charge is 0.335 e. The second kappa shape index (κ2) is 6.30. The van der Waals surface area contributed by atoms with E-state index in [1.165, 1.54) is 26.2 Å². The number of benzene rings is 1. The van der Waals surface area contributed by atoms with Gasteiger partial charge in [-0.2, -0.15) is 0 Å². The van der Waals surface area contributed by atoms with Gasteiger partial charge in [-0.25, -0.2) is 4.79 Å². The van der Waals surface area contributed by atoms with Crippen molar-refractivity contribution < 1.29 is 23.6 Å².